The van der Waals surface area contributed by atoms with Gasteiger partial charge in [-0.2, -0.15) is 0 Å². The molecule has 102 valence electrons. The van der Waals surface area contributed by atoms with E-state index in [0.717, 1.165) is 18.3 Å². The van der Waals surface area contributed by atoms with E-state index in [9.17, 15) is 0 Å². The topological polar surface area (TPSA) is 29.9 Å². The van der Waals surface area contributed by atoms with Gasteiger partial charge in [0.25, 0.3) is 0 Å². The molecule has 2 aromatic rings. The first kappa shape index (κ1) is 12.9. The number of nitrogens with one attached hydrogen (secondary N) is 1. The van der Waals surface area contributed by atoms with Gasteiger partial charge in [-0.05, 0) is 30.2 Å². The number of hydrogen-bond acceptors (Lipinski definition) is 3. The molecule has 3 nitrogen and oxygen atoms in total. The van der Waals surface area contributed by atoms with Crippen LogP contribution in [0.3, 0.4) is 0 Å². The van der Waals surface area contributed by atoms with Gasteiger partial charge in [-0.1, -0.05) is 18.9 Å². The Bertz CT molecular complexity index is 497. The van der Waals surface area contributed by atoms with Crippen molar-refractivity contribution in [2.24, 2.45) is 13.0 Å². The summed E-state index contributed by atoms with van der Waals surface area (Å²) in [4.78, 5) is 5.87. The third-order valence-electron chi connectivity index (χ3n) is 4.12. The predicted octanol–water partition coefficient (Wildman–Crippen LogP) is 3.50. The summed E-state index contributed by atoms with van der Waals surface area (Å²) in [6.45, 7) is 0.850. The standard InChI is InChI=1S/C15H21N3S/c1-18-9-8-16-14(18)11-17-15(12-5-2-3-6-12)13-7-4-10-19-13/h4,7-10,12,15,17H,2-3,5-6,11H2,1H3. The van der Waals surface area contributed by atoms with Crippen molar-refractivity contribution in [1.82, 2.24) is 14.9 Å². The summed E-state index contributed by atoms with van der Waals surface area (Å²) < 4.78 is 2.09. The van der Waals surface area contributed by atoms with Crippen molar-refractivity contribution >= 4 is 11.3 Å². The minimum absolute atomic E-state index is 0.499. The fraction of sp³-hybridized carbons (Fsp3) is 0.533. The maximum atomic E-state index is 4.40. The second-order valence-electron chi connectivity index (χ2n) is 5.37. The highest BCUT2D eigenvalue weighted by molar-refractivity contribution is 7.10. The molecular weight excluding hydrogens is 254 g/mol. The number of imidazole rings is 1. The smallest absolute Gasteiger partial charge is 0.122 e. The van der Waals surface area contributed by atoms with Crippen molar-refractivity contribution in [1.29, 1.82) is 0 Å². The summed E-state index contributed by atoms with van der Waals surface area (Å²) in [6.07, 6.45) is 9.36. The molecule has 0 amide bonds. The van der Waals surface area contributed by atoms with Crippen LogP contribution in [0, 0.1) is 5.92 Å². The van der Waals surface area contributed by atoms with Gasteiger partial charge in [0.1, 0.15) is 5.82 Å². The van der Waals surface area contributed by atoms with Crippen LogP contribution in [-0.4, -0.2) is 9.55 Å². The molecule has 0 bridgehead atoms. The van der Waals surface area contributed by atoms with Crippen molar-refractivity contribution in [2.75, 3.05) is 0 Å². The second kappa shape index (κ2) is 5.88. The molecule has 4 heteroatoms. The second-order valence-corrected chi connectivity index (χ2v) is 6.35. The maximum Gasteiger partial charge on any atom is 0.122 e. The molecule has 0 saturated heterocycles. The molecule has 1 aliphatic rings. The van der Waals surface area contributed by atoms with Crippen LogP contribution in [-0.2, 0) is 13.6 Å². The van der Waals surface area contributed by atoms with Gasteiger partial charge < -0.3 is 9.88 Å². The molecule has 0 aliphatic heterocycles. The van der Waals surface area contributed by atoms with Gasteiger partial charge in [0.05, 0.1) is 6.54 Å². The zero-order valence-electron chi connectivity index (χ0n) is 11.4. The first-order valence-electron chi connectivity index (χ1n) is 7.07. The Morgan fingerprint density at radius 3 is 2.95 bits per heavy atom. The Morgan fingerprint density at radius 1 is 1.47 bits per heavy atom. The van der Waals surface area contributed by atoms with Gasteiger partial charge in [-0.15, -0.1) is 11.3 Å². The fourth-order valence-electron chi connectivity index (χ4n) is 3.03. The van der Waals surface area contributed by atoms with Crippen LogP contribution in [0.25, 0.3) is 0 Å². The number of nitrogens with zero attached hydrogens (tertiary/aromatic N) is 2. The highest BCUT2D eigenvalue weighted by atomic mass is 32.1. The van der Waals surface area contributed by atoms with E-state index in [0.29, 0.717) is 6.04 Å². The normalized spacial score (nSPS) is 17.9. The van der Waals surface area contributed by atoms with Crippen molar-refractivity contribution in [3.63, 3.8) is 0 Å². The fourth-order valence-corrected chi connectivity index (χ4v) is 3.92. The maximum absolute atomic E-state index is 4.40. The van der Waals surface area contributed by atoms with Gasteiger partial charge in [0.15, 0.2) is 0 Å². The molecule has 0 radical (unpaired) electrons. The van der Waals surface area contributed by atoms with E-state index in [1.54, 1.807) is 0 Å². The van der Waals surface area contributed by atoms with Crippen molar-refractivity contribution < 1.29 is 0 Å². The summed E-state index contributed by atoms with van der Waals surface area (Å²) in [5.74, 6) is 1.90. The monoisotopic (exact) mass is 275 g/mol. The first-order chi connectivity index (χ1) is 9.34. The number of aryl methyl sites for hydroxylation is 1. The van der Waals surface area contributed by atoms with Crippen molar-refractivity contribution in [2.45, 2.75) is 38.3 Å². The summed E-state index contributed by atoms with van der Waals surface area (Å²) >= 11 is 1.87. The molecule has 1 unspecified atom stereocenters. The van der Waals surface area contributed by atoms with E-state index in [1.807, 2.05) is 23.7 Å². The van der Waals surface area contributed by atoms with Crippen LogP contribution in [0.1, 0.15) is 42.4 Å². The van der Waals surface area contributed by atoms with Crippen molar-refractivity contribution in [3.8, 4) is 0 Å². The Labute approximate surface area is 118 Å². The summed E-state index contributed by atoms with van der Waals surface area (Å²) in [5.41, 5.74) is 0. The van der Waals surface area contributed by atoms with Gasteiger partial charge in [-0.25, -0.2) is 4.98 Å². The SMILES string of the molecule is Cn1ccnc1CNC(c1cccs1)C1CCCC1. The zero-order chi connectivity index (χ0) is 13.1. The van der Waals surface area contributed by atoms with Gasteiger partial charge in [-0.3, -0.25) is 0 Å². The van der Waals surface area contributed by atoms with E-state index in [2.05, 4.69) is 39.4 Å². The molecule has 1 fully saturated rings. The largest absolute Gasteiger partial charge is 0.337 e. The van der Waals surface area contributed by atoms with Crippen LogP contribution in [0.2, 0.25) is 0 Å². The Morgan fingerprint density at radius 2 is 2.32 bits per heavy atom. The molecule has 0 spiro atoms. The lowest BCUT2D eigenvalue weighted by atomic mass is 9.96. The van der Waals surface area contributed by atoms with Gasteiger partial charge >= 0.3 is 0 Å². The lowest BCUT2D eigenvalue weighted by Gasteiger charge is -2.23. The first-order valence-corrected chi connectivity index (χ1v) is 7.95. The quantitative estimate of drug-likeness (QED) is 0.905. The number of rotatable bonds is 5. The van der Waals surface area contributed by atoms with Crippen molar-refractivity contribution in [3.05, 3.63) is 40.6 Å². The molecule has 2 aromatic heterocycles. The van der Waals surface area contributed by atoms with E-state index < -0.39 is 0 Å². The molecule has 1 atom stereocenters. The van der Waals surface area contributed by atoms with Crippen LogP contribution >= 0.6 is 11.3 Å². The van der Waals surface area contributed by atoms with Gasteiger partial charge in [0, 0.05) is 30.4 Å². The van der Waals surface area contributed by atoms with Crippen LogP contribution < -0.4 is 5.32 Å². The third kappa shape index (κ3) is 2.90. The third-order valence-corrected chi connectivity index (χ3v) is 5.08. The van der Waals surface area contributed by atoms with E-state index in [4.69, 9.17) is 0 Å². The highest BCUT2D eigenvalue weighted by Gasteiger charge is 2.26. The Balaban J connectivity index is 1.71. The molecule has 3 rings (SSSR count). The molecule has 19 heavy (non-hydrogen) atoms. The molecule has 1 N–H and O–H groups in total. The molecule has 2 heterocycles. The minimum atomic E-state index is 0.499. The Kier molecular flexibility index (Phi) is 3.99. The van der Waals surface area contributed by atoms with E-state index in [-0.39, 0.29) is 0 Å². The lowest BCUT2D eigenvalue weighted by Crippen LogP contribution is -2.27. The van der Waals surface area contributed by atoms with Crippen LogP contribution in [0.4, 0.5) is 0 Å². The van der Waals surface area contributed by atoms with E-state index in [1.165, 1.54) is 30.6 Å². The average Bonchev–Trinajstić information content (AvgIpc) is 3.13. The minimum Gasteiger partial charge on any atom is -0.337 e. The molecule has 1 saturated carbocycles. The molecule has 0 aromatic carbocycles. The predicted molar refractivity (Wildman–Crippen MR) is 79.1 cm³/mol. The van der Waals surface area contributed by atoms with Gasteiger partial charge in [0.2, 0.25) is 0 Å². The highest BCUT2D eigenvalue weighted by Crippen LogP contribution is 2.37. The Hall–Kier alpha value is -1.13. The number of aromatic nitrogens is 2. The molecule has 1 aliphatic carbocycles. The summed E-state index contributed by atoms with van der Waals surface area (Å²) in [6, 6.07) is 4.92. The number of hydrogen-bond donors (Lipinski definition) is 1. The average molecular weight is 275 g/mol. The lowest BCUT2D eigenvalue weighted by molar-refractivity contribution is 0.366. The van der Waals surface area contributed by atoms with Crippen LogP contribution in [0.5, 0.6) is 0 Å². The van der Waals surface area contributed by atoms with Crippen LogP contribution in [0.15, 0.2) is 29.9 Å². The zero-order valence-corrected chi connectivity index (χ0v) is 12.2. The number of thiophene rings is 1. The molecular formula is C15H21N3S. The summed E-state index contributed by atoms with van der Waals surface area (Å²) in [7, 11) is 2.06. The summed E-state index contributed by atoms with van der Waals surface area (Å²) in [5, 5.41) is 5.91. The van der Waals surface area contributed by atoms with E-state index >= 15 is 0 Å².